The van der Waals surface area contributed by atoms with E-state index < -0.39 is 47.0 Å². The quantitative estimate of drug-likeness (QED) is 0.329. The Balaban J connectivity index is 2.13. The van der Waals surface area contributed by atoms with Crippen molar-refractivity contribution in [3.8, 4) is 0 Å². The summed E-state index contributed by atoms with van der Waals surface area (Å²) in [6.07, 6.45) is -6.61. The Hall–Kier alpha value is -0.640. The molecule has 1 saturated heterocycles. The van der Waals surface area contributed by atoms with Gasteiger partial charge < -0.3 is 29.5 Å². The molecule has 7 nitrogen and oxygen atoms in total. The number of alkyl halides is 3. The predicted molar refractivity (Wildman–Crippen MR) is 91.9 cm³/mol. The molecule has 1 aromatic carbocycles. The molecule has 5 atom stereocenters. The highest BCUT2D eigenvalue weighted by molar-refractivity contribution is 6.76. The molecule has 1 heterocycles. The molecule has 25 heavy (non-hydrogen) atoms. The fourth-order valence-electron chi connectivity index (χ4n) is 2.27. The Kier molecular flexibility index (Phi) is 7.30. The summed E-state index contributed by atoms with van der Waals surface area (Å²) in [6.45, 7) is -0.439. The molecule has 0 saturated carbocycles. The van der Waals surface area contributed by atoms with Crippen molar-refractivity contribution in [1.29, 1.82) is 5.41 Å². The van der Waals surface area contributed by atoms with Gasteiger partial charge in [-0.3, -0.25) is 5.41 Å². The molecule has 0 aromatic heterocycles. The van der Waals surface area contributed by atoms with Gasteiger partial charge in [-0.2, -0.15) is 0 Å². The molecule has 0 radical (unpaired) electrons. The van der Waals surface area contributed by atoms with Gasteiger partial charge in [0.25, 0.3) is 3.79 Å². The molecule has 4 N–H and O–H groups in total. The van der Waals surface area contributed by atoms with Crippen molar-refractivity contribution in [2.45, 2.75) is 41.1 Å². The summed E-state index contributed by atoms with van der Waals surface area (Å²) in [5.41, 5.74) is 0.822. The van der Waals surface area contributed by atoms with Crippen molar-refractivity contribution in [3.05, 3.63) is 35.9 Å². The lowest BCUT2D eigenvalue weighted by Gasteiger charge is -2.42. The summed E-state index contributed by atoms with van der Waals surface area (Å²) in [5.74, 6) is -0.756. The van der Waals surface area contributed by atoms with Gasteiger partial charge in [0, 0.05) is 0 Å². The van der Waals surface area contributed by atoms with Crippen molar-refractivity contribution >= 4 is 40.7 Å². The minimum absolute atomic E-state index is 0.105. The molecule has 2 rings (SSSR count). The van der Waals surface area contributed by atoms with Crippen LogP contribution in [0, 0.1) is 5.41 Å². The van der Waals surface area contributed by atoms with Crippen LogP contribution in [-0.2, 0) is 20.8 Å². The number of hydrogen-bond donors (Lipinski definition) is 4. The number of halogens is 3. The zero-order valence-corrected chi connectivity index (χ0v) is 15.2. The second kappa shape index (κ2) is 8.83. The Bertz CT molecular complexity index is 570. The zero-order valence-electron chi connectivity index (χ0n) is 12.9. The van der Waals surface area contributed by atoms with E-state index in [0.717, 1.165) is 5.56 Å². The summed E-state index contributed by atoms with van der Waals surface area (Å²) >= 11 is 16.7. The molecule has 0 amide bonds. The number of aliphatic hydroxyl groups excluding tert-OH is 3. The van der Waals surface area contributed by atoms with Crippen LogP contribution in [0.1, 0.15) is 5.56 Å². The monoisotopic (exact) mass is 413 g/mol. The average molecular weight is 415 g/mol. The van der Waals surface area contributed by atoms with Crippen LogP contribution in [0.25, 0.3) is 0 Å². The SMILES string of the molecule is N=C(O[C@H]1[C@@H](OCc2ccccc2)O[C@H](CO)[C@@H](O)[C@@H]1O)C(Cl)(Cl)Cl. The van der Waals surface area contributed by atoms with Gasteiger partial charge in [0.05, 0.1) is 13.2 Å². The maximum Gasteiger partial charge on any atom is 0.265 e. The average Bonchev–Trinajstić information content (AvgIpc) is 2.58. The maximum atomic E-state index is 10.2. The fourth-order valence-corrected chi connectivity index (χ4v) is 2.41. The molecular weight excluding hydrogens is 397 g/mol. The van der Waals surface area contributed by atoms with E-state index in [9.17, 15) is 15.3 Å². The summed E-state index contributed by atoms with van der Waals surface area (Å²) in [7, 11) is 0. The second-order valence-electron chi connectivity index (χ2n) is 5.41. The largest absolute Gasteiger partial charge is 0.466 e. The van der Waals surface area contributed by atoms with Gasteiger partial charge >= 0.3 is 0 Å². The van der Waals surface area contributed by atoms with E-state index in [2.05, 4.69) is 0 Å². The molecule has 0 aliphatic carbocycles. The third-order valence-corrected chi connectivity index (χ3v) is 4.11. The van der Waals surface area contributed by atoms with Crippen LogP contribution < -0.4 is 0 Å². The summed E-state index contributed by atoms with van der Waals surface area (Å²) < 4.78 is 14.1. The Morgan fingerprint density at radius 1 is 1.16 bits per heavy atom. The molecule has 10 heteroatoms. The first-order valence-corrected chi connectivity index (χ1v) is 8.47. The van der Waals surface area contributed by atoms with Gasteiger partial charge in [0.1, 0.15) is 18.3 Å². The number of ether oxygens (including phenoxy) is 3. The standard InChI is InChI=1S/C15H18Cl3NO6/c16-15(17,18)14(19)25-12-11(22)10(21)9(6-20)24-13(12)23-7-8-4-2-1-3-5-8/h1-5,9-13,19-22H,6-7H2/t9-,10-,11+,12-,13+/m1/s1. The third kappa shape index (κ3) is 5.42. The van der Waals surface area contributed by atoms with Gasteiger partial charge in [-0.1, -0.05) is 65.1 Å². The van der Waals surface area contributed by atoms with E-state index in [1.165, 1.54) is 0 Å². The highest BCUT2D eigenvalue weighted by Crippen LogP contribution is 2.31. The van der Waals surface area contributed by atoms with E-state index >= 15 is 0 Å². The van der Waals surface area contributed by atoms with E-state index in [1.807, 2.05) is 30.3 Å². The summed E-state index contributed by atoms with van der Waals surface area (Å²) in [5, 5.41) is 37.2. The summed E-state index contributed by atoms with van der Waals surface area (Å²) in [6, 6.07) is 9.12. The smallest absolute Gasteiger partial charge is 0.265 e. The Labute approximate surface area is 159 Å². The molecule has 0 bridgehead atoms. The van der Waals surface area contributed by atoms with Crippen LogP contribution in [0.4, 0.5) is 0 Å². The van der Waals surface area contributed by atoms with E-state index in [-0.39, 0.29) is 6.61 Å². The topological polar surface area (TPSA) is 112 Å². The molecule has 0 spiro atoms. The van der Waals surface area contributed by atoms with Gasteiger partial charge in [-0.15, -0.1) is 0 Å². The lowest BCUT2D eigenvalue weighted by Crippen LogP contribution is -2.60. The lowest BCUT2D eigenvalue weighted by molar-refractivity contribution is -0.301. The van der Waals surface area contributed by atoms with E-state index in [1.54, 1.807) is 0 Å². The highest BCUT2D eigenvalue weighted by Gasteiger charge is 2.48. The highest BCUT2D eigenvalue weighted by atomic mass is 35.6. The lowest BCUT2D eigenvalue weighted by atomic mass is 9.99. The molecule has 1 fully saturated rings. The van der Waals surface area contributed by atoms with E-state index in [0.29, 0.717) is 0 Å². The predicted octanol–water partition coefficient (Wildman–Crippen LogP) is 1.37. The van der Waals surface area contributed by atoms with Crippen LogP contribution in [0.5, 0.6) is 0 Å². The van der Waals surface area contributed by atoms with Crippen molar-refractivity contribution in [1.82, 2.24) is 0 Å². The molecule has 1 aliphatic heterocycles. The van der Waals surface area contributed by atoms with E-state index in [4.69, 9.17) is 54.4 Å². The first-order chi connectivity index (χ1) is 11.7. The van der Waals surface area contributed by atoms with Gasteiger partial charge in [0.2, 0.25) is 5.90 Å². The molecule has 140 valence electrons. The first-order valence-electron chi connectivity index (χ1n) is 7.34. The minimum Gasteiger partial charge on any atom is -0.466 e. The second-order valence-corrected chi connectivity index (χ2v) is 7.69. The Morgan fingerprint density at radius 2 is 1.80 bits per heavy atom. The Morgan fingerprint density at radius 3 is 2.36 bits per heavy atom. The minimum atomic E-state index is -2.15. The number of rotatable bonds is 5. The van der Waals surface area contributed by atoms with Crippen LogP contribution >= 0.6 is 34.8 Å². The fraction of sp³-hybridized carbons (Fsp3) is 0.533. The number of aliphatic hydroxyl groups is 3. The van der Waals surface area contributed by atoms with Crippen LogP contribution in [-0.4, -0.2) is 62.3 Å². The summed E-state index contributed by atoms with van der Waals surface area (Å²) in [4.78, 5) is 0. The maximum absolute atomic E-state index is 10.2. The number of benzene rings is 1. The number of nitrogens with one attached hydrogen (secondary N) is 1. The van der Waals surface area contributed by atoms with Crippen LogP contribution in [0.2, 0.25) is 0 Å². The third-order valence-electron chi connectivity index (χ3n) is 3.59. The van der Waals surface area contributed by atoms with Crippen LogP contribution in [0.3, 0.4) is 0 Å². The normalized spacial score (nSPS) is 30.1. The molecule has 0 unspecified atom stereocenters. The van der Waals surface area contributed by atoms with Crippen molar-refractivity contribution in [3.63, 3.8) is 0 Å². The van der Waals surface area contributed by atoms with Gasteiger partial charge in [-0.25, -0.2) is 0 Å². The zero-order chi connectivity index (χ0) is 18.6. The van der Waals surface area contributed by atoms with Crippen LogP contribution in [0.15, 0.2) is 30.3 Å². The first kappa shape index (κ1) is 20.7. The van der Waals surface area contributed by atoms with Gasteiger partial charge in [0.15, 0.2) is 12.4 Å². The molecule has 1 aromatic rings. The van der Waals surface area contributed by atoms with Crippen molar-refractivity contribution in [2.75, 3.05) is 6.61 Å². The van der Waals surface area contributed by atoms with Gasteiger partial charge in [-0.05, 0) is 5.56 Å². The van der Waals surface area contributed by atoms with Crippen molar-refractivity contribution in [2.24, 2.45) is 0 Å². The molecule has 1 aliphatic rings. The molecular formula is C15H18Cl3NO6. The van der Waals surface area contributed by atoms with Crippen molar-refractivity contribution < 1.29 is 29.5 Å². The number of hydrogen-bond acceptors (Lipinski definition) is 7.